The Morgan fingerprint density at radius 2 is 1.80 bits per heavy atom. The standard InChI is InChI=1S/C26H36N8O/c1-20-4-5-21(2)23(18-20)32-16-14-31(15-17-32)11-3-10-27-26(35)22-8-12-33(13-9-22)25-7-6-24-29-28-19-34(24)30-25/h4-7,18-19,22H,3,8-17H2,1-2H3,(H,27,35). The normalized spacial score (nSPS) is 17.8. The summed E-state index contributed by atoms with van der Waals surface area (Å²) in [7, 11) is 0. The highest BCUT2D eigenvalue weighted by molar-refractivity contribution is 5.78. The lowest BCUT2D eigenvalue weighted by atomic mass is 9.96. The van der Waals surface area contributed by atoms with Crippen LogP contribution in [-0.4, -0.2) is 83.0 Å². The van der Waals surface area contributed by atoms with Crippen LogP contribution in [0.15, 0.2) is 36.7 Å². The molecule has 9 heteroatoms. The smallest absolute Gasteiger partial charge is 0.223 e. The molecule has 35 heavy (non-hydrogen) atoms. The molecule has 2 saturated heterocycles. The first-order valence-electron chi connectivity index (χ1n) is 12.8. The number of benzene rings is 1. The Kier molecular flexibility index (Phi) is 7.13. The van der Waals surface area contributed by atoms with Gasteiger partial charge in [0.15, 0.2) is 5.65 Å². The van der Waals surface area contributed by atoms with Crippen molar-refractivity contribution in [2.75, 3.05) is 62.2 Å². The van der Waals surface area contributed by atoms with Gasteiger partial charge in [0, 0.05) is 57.4 Å². The van der Waals surface area contributed by atoms with Gasteiger partial charge in [-0.2, -0.15) is 4.52 Å². The first-order valence-corrected chi connectivity index (χ1v) is 12.8. The molecule has 0 spiro atoms. The second kappa shape index (κ2) is 10.6. The van der Waals surface area contributed by atoms with E-state index >= 15 is 0 Å². The maximum atomic E-state index is 12.7. The molecule has 2 aliphatic heterocycles. The average Bonchev–Trinajstić information content (AvgIpc) is 3.36. The lowest BCUT2D eigenvalue weighted by molar-refractivity contribution is -0.125. The Hall–Kier alpha value is -3.20. The number of rotatable bonds is 7. The van der Waals surface area contributed by atoms with Gasteiger partial charge in [-0.15, -0.1) is 15.3 Å². The van der Waals surface area contributed by atoms with Gasteiger partial charge in [-0.25, -0.2) is 0 Å². The molecule has 0 aliphatic carbocycles. The highest BCUT2D eigenvalue weighted by Gasteiger charge is 2.26. The van der Waals surface area contributed by atoms with E-state index in [-0.39, 0.29) is 11.8 Å². The summed E-state index contributed by atoms with van der Waals surface area (Å²) in [6.45, 7) is 12.1. The van der Waals surface area contributed by atoms with Crippen LogP contribution in [0.25, 0.3) is 5.65 Å². The van der Waals surface area contributed by atoms with Crippen LogP contribution in [0.1, 0.15) is 30.4 Å². The number of hydrogen-bond acceptors (Lipinski definition) is 7. The first kappa shape index (κ1) is 23.5. The number of hydrogen-bond donors (Lipinski definition) is 1. The fourth-order valence-electron chi connectivity index (χ4n) is 5.19. The molecule has 1 N–H and O–H groups in total. The Balaban J connectivity index is 0.993. The van der Waals surface area contributed by atoms with Gasteiger partial charge in [0.2, 0.25) is 5.91 Å². The second-order valence-corrected chi connectivity index (χ2v) is 9.85. The zero-order valence-corrected chi connectivity index (χ0v) is 20.9. The zero-order valence-electron chi connectivity index (χ0n) is 20.9. The Morgan fingerprint density at radius 1 is 1.00 bits per heavy atom. The van der Waals surface area contributed by atoms with Crippen LogP contribution in [0.3, 0.4) is 0 Å². The van der Waals surface area contributed by atoms with E-state index < -0.39 is 0 Å². The van der Waals surface area contributed by atoms with Crippen LogP contribution in [0.4, 0.5) is 11.5 Å². The van der Waals surface area contributed by atoms with Crippen LogP contribution in [0, 0.1) is 19.8 Å². The van der Waals surface area contributed by atoms with Gasteiger partial charge >= 0.3 is 0 Å². The summed E-state index contributed by atoms with van der Waals surface area (Å²) in [5.41, 5.74) is 4.79. The molecular formula is C26H36N8O. The number of piperazine rings is 1. The zero-order chi connectivity index (χ0) is 24.2. The molecule has 186 valence electrons. The number of piperidine rings is 1. The fourth-order valence-corrected chi connectivity index (χ4v) is 5.19. The second-order valence-electron chi connectivity index (χ2n) is 9.85. The van der Waals surface area contributed by atoms with E-state index in [1.165, 1.54) is 16.8 Å². The predicted molar refractivity (Wildman–Crippen MR) is 138 cm³/mol. The van der Waals surface area contributed by atoms with Crippen molar-refractivity contribution >= 4 is 23.1 Å². The van der Waals surface area contributed by atoms with Crippen molar-refractivity contribution in [1.29, 1.82) is 0 Å². The number of nitrogens with one attached hydrogen (secondary N) is 1. The minimum absolute atomic E-state index is 0.0889. The van der Waals surface area contributed by atoms with Crippen LogP contribution >= 0.6 is 0 Å². The van der Waals surface area contributed by atoms with Crippen LogP contribution < -0.4 is 15.1 Å². The third-order valence-electron chi connectivity index (χ3n) is 7.37. The van der Waals surface area contributed by atoms with Gasteiger partial charge < -0.3 is 15.1 Å². The first-order chi connectivity index (χ1) is 17.1. The van der Waals surface area contributed by atoms with Crippen LogP contribution in [-0.2, 0) is 4.79 Å². The van der Waals surface area contributed by atoms with Crippen molar-refractivity contribution in [3.8, 4) is 0 Å². The molecule has 0 radical (unpaired) electrons. The maximum Gasteiger partial charge on any atom is 0.223 e. The highest BCUT2D eigenvalue weighted by Crippen LogP contribution is 2.23. The van der Waals surface area contributed by atoms with Crippen molar-refractivity contribution in [3.63, 3.8) is 0 Å². The van der Waals surface area contributed by atoms with E-state index in [9.17, 15) is 4.79 Å². The minimum Gasteiger partial charge on any atom is -0.369 e. The number of aryl methyl sites for hydroxylation is 2. The SMILES string of the molecule is Cc1ccc(C)c(N2CCN(CCCNC(=O)C3CCN(c4ccc5nncn5n4)CC3)CC2)c1. The van der Waals surface area contributed by atoms with Crippen molar-refractivity contribution < 1.29 is 4.79 Å². The van der Waals surface area contributed by atoms with E-state index in [1.54, 1.807) is 10.8 Å². The summed E-state index contributed by atoms with van der Waals surface area (Å²) >= 11 is 0. The quantitative estimate of drug-likeness (QED) is 0.524. The van der Waals surface area contributed by atoms with E-state index in [0.29, 0.717) is 0 Å². The molecule has 0 bridgehead atoms. The topological polar surface area (TPSA) is 81.9 Å². The molecule has 4 heterocycles. The Morgan fingerprint density at radius 3 is 2.60 bits per heavy atom. The van der Waals surface area contributed by atoms with Gasteiger partial charge in [0.1, 0.15) is 12.1 Å². The number of carbonyl (C=O) groups excluding carboxylic acids is 1. The van der Waals surface area contributed by atoms with Crippen LogP contribution in [0.5, 0.6) is 0 Å². The van der Waals surface area contributed by atoms with E-state index in [2.05, 4.69) is 67.4 Å². The summed E-state index contributed by atoms with van der Waals surface area (Å²) in [6, 6.07) is 10.6. The summed E-state index contributed by atoms with van der Waals surface area (Å²) in [4.78, 5) is 20.0. The molecule has 0 unspecified atom stereocenters. The molecule has 2 aromatic heterocycles. The molecular weight excluding hydrogens is 440 g/mol. The van der Waals surface area contributed by atoms with E-state index in [4.69, 9.17) is 0 Å². The van der Waals surface area contributed by atoms with E-state index in [0.717, 1.165) is 83.1 Å². The number of anilines is 2. The molecule has 3 aromatic rings. The molecule has 1 aromatic carbocycles. The lowest BCUT2D eigenvalue weighted by Gasteiger charge is -2.37. The summed E-state index contributed by atoms with van der Waals surface area (Å²) in [6.07, 6.45) is 4.32. The predicted octanol–water partition coefficient (Wildman–Crippen LogP) is 2.29. The monoisotopic (exact) mass is 476 g/mol. The van der Waals surface area contributed by atoms with E-state index in [1.807, 2.05) is 12.1 Å². The lowest BCUT2D eigenvalue weighted by Crippen LogP contribution is -2.47. The molecule has 2 aliphatic rings. The third-order valence-corrected chi connectivity index (χ3v) is 7.37. The Labute approximate surface area is 207 Å². The van der Waals surface area contributed by atoms with Crippen molar-refractivity contribution in [2.45, 2.75) is 33.1 Å². The van der Waals surface area contributed by atoms with Crippen molar-refractivity contribution in [2.24, 2.45) is 5.92 Å². The van der Waals surface area contributed by atoms with Gasteiger partial charge in [0.05, 0.1) is 0 Å². The van der Waals surface area contributed by atoms with Gasteiger partial charge in [-0.1, -0.05) is 12.1 Å². The third kappa shape index (κ3) is 5.56. The highest BCUT2D eigenvalue weighted by atomic mass is 16.1. The number of fused-ring (bicyclic) bond motifs is 1. The van der Waals surface area contributed by atoms with Gasteiger partial charge in [0.25, 0.3) is 0 Å². The van der Waals surface area contributed by atoms with Crippen molar-refractivity contribution in [3.05, 3.63) is 47.8 Å². The number of nitrogens with zero attached hydrogens (tertiary/aromatic N) is 7. The molecule has 2 fully saturated rings. The number of amides is 1. The van der Waals surface area contributed by atoms with Gasteiger partial charge in [-0.3, -0.25) is 9.69 Å². The number of aromatic nitrogens is 4. The largest absolute Gasteiger partial charge is 0.369 e. The molecule has 1 amide bonds. The van der Waals surface area contributed by atoms with Gasteiger partial charge in [-0.05, 0) is 69.0 Å². The summed E-state index contributed by atoms with van der Waals surface area (Å²) < 4.78 is 1.69. The summed E-state index contributed by atoms with van der Waals surface area (Å²) in [5, 5.41) is 15.6. The Bertz CT molecular complexity index is 1150. The minimum atomic E-state index is 0.0889. The molecule has 0 saturated carbocycles. The fraction of sp³-hybridized carbons (Fsp3) is 0.538. The number of carbonyl (C=O) groups is 1. The van der Waals surface area contributed by atoms with Crippen molar-refractivity contribution in [1.82, 2.24) is 30.0 Å². The average molecular weight is 477 g/mol. The van der Waals surface area contributed by atoms with Crippen LogP contribution in [0.2, 0.25) is 0 Å². The maximum absolute atomic E-state index is 12.7. The molecule has 9 nitrogen and oxygen atoms in total. The molecule has 5 rings (SSSR count). The molecule has 0 atom stereocenters. The summed E-state index contributed by atoms with van der Waals surface area (Å²) in [5.74, 6) is 1.20.